The van der Waals surface area contributed by atoms with Crippen molar-refractivity contribution in [2.75, 3.05) is 13.1 Å². The summed E-state index contributed by atoms with van der Waals surface area (Å²) in [5, 5.41) is 6.98. The number of carbonyl (C=O) groups is 1. The summed E-state index contributed by atoms with van der Waals surface area (Å²) in [5.74, 6) is -0.113. The van der Waals surface area contributed by atoms with Gasteiger partial charge in [-0.15, -0.1) is 12.4 Å². The molecule has 0 spiro atoms. The maximum atomic E-state index is 11.7. The van der Waals surface area contributed by atoms with Crippen LogP contribution in [0.15, 0.2) is 6.20 Å². The molecule has 6 heteroatoms. The van der Waals surface area contributed by atoms with Crippen LogP contribution in [-0.4, -0.2) is 28.8 Å². The molecule has 0 radical (unpaired) electrons. The van der Waals surface area contributed by atoms with E-state index >= 15 is 0 Å². The number of rotatable bonds is 3. The van der Waals surface area contributed by atoms with Crippen molar-refractivity contribution < 1.29 is 4.79 Å². The fraction of sp³-hybridized carbons (Fsp3) is 0.636. The zero-order chi connectivity index (χ0) is 12.3. The van der Waals surface area contributed by atoms with Gasteiger partial charge in [0.15, 0.2) is 0 Å². The van der Waals surface area contributed by atoms with Crippen LogP contribution in [0.4, 0.5) is 0 Å². The van der Waals surface area contributed by atoms with Gasteiger partial charge in [0.25, 0.3) is 5.91 Å². The Kier molecular flexibility index (Phi) is 5.64. The minimum Gasteiger partial charge on any atom is -0.351 e. The topological polar surface area (TPSA) is 72.9 Å². The van der Waals surface area contributed by atoms with Gasteiger partial charge in [-0.25, -0.2) is 0 Å². The summed E-state index contributed by atoms with van der Waals surface area (Å²) in [6.45, 7) is 8.98. The van der Waals surface area contributed by atoms with Crippen LogP contribution in [0.3, 0.4) is 0 Å². The third-order valence-corrected chi connectivity index (χ3v) is 2.32. The maximum Gasteiger partial charge on any atom is 0.254 e. The van der Waals surface area contributed by atoms with Crippen molar-refractivity contribution in [2.24, 2.45) is 5.73 Å². The molecule has 1 amide bonds. The molecule has 0 aromatic carbocycles. The summed E-state index contributed by atoms with van der Waals surface area (Å²) in [4.78, 5) is 11.7. The summed E-state index contributed by atoms with van der Waals surface area (Å²) in [5.41, 5.74) is 6.71. The minimum absolute atomic E-state index is 0. The molecule has 0 saturated carbocycles. The van der Waals surface area contributed by atoms with Crippen LogP contribution >= 0.6 is 12.4 Å². The van der Waals surface area contributed by atoms with Gasteiger partial charge in [-0.3, -0.25) is 9.48 Å². The molecule has 5 nitrogen and oxygen atoms in total. The molecule has 0 fully saturated rings. The number of nitrogens with zero attached hydrogens (tertiary/aromatic N) is 2. The molecule has 0 aliphatic carbocycles. The molecule has 1 aromatic rings. The lowest BCUT2D eigenvalue weighted by Crippen LogP contribution is -2.30. The second-order valence-corrected chi connectivity index (χ2v) is 4.77. The van der Waals surface area contributed by atoms with Gasteiger partial charge in [-0.05, 0) is 27.7 Å². The van der Waals surface area contributed by atoms with Gasteiger partial charge in [0.1, 0.15) is 0 Å². The van der Waals surface area contributed by atoms with Crippen LogP contribution < -0.4 is 11.1 Å². The van der Waals surface area contributed by atoms with Crippen molar-refractivity contribution in [3.8, 4) is 0 Å². The molecule has 98 valence electrons. The average molecular weight is 261 g/mol. The van der Waals surface area contributed by atoms with Crippen LogP contribution in [0, 0.1) is 6.92 Å². The Morgan fingerprint density at radius 3 is 2.53 bits per heavy atom. The summed E-state index contributed by atoms with van der Waals surface area (Å²) in [7, 11) is 0. The number of carbonyl (C=O) groups excluding carboxylic acids is 1. The highest BCUT2D eigenvalue weighted by Crippen LogP contribution is 2.17. The van der Waals surface area contributed by atoms with E-state index in [2.05, 4.69) is 31.2 Å². The molecule has 1 aromatic heterocycles. The fourth-order valence-electron chi connectivity index (χ4n) is 1.59. The van der Waals surface area contributed by atoms with E-state index in [0.717, 1.165) is 5.69 Å². The lowest BCUT2D eigenvalue weighted by Gasteiger charge is -2.21. The first-order valence-corrected chi connectivity index (χ1v) is 5.41. The van der Waals surface area contributed by atoms with Crippen molar-refractivity contribution in [2.45, 2.75) is 33.2 Å². The van der Waals surface area contributed by atoms with Gasteiger partial charge in [-0.2, -0.15) is 5.10 Å². The van der Waals surface area contributed by atoms with E-state index in [1.54, 1.807) is 6.20 Å². The number of halogens is 1. The van der Waals surface area contributed by atoms with E-state index in [9.17, 15) is 4.79 Å². The largest absolute Gasteiger partial charge is 0.351 e. The van der Waals surface area contributed by atoms with E-state index in [1.165, 1.54) is 0 Å². The van der Waals surface area contributed by atoms with E-state index in [4.69, 9.17) is 5.73 Å². The van der Waals surface area contributed by atoms with Crippen LogP contribution in [0.25, 0.3) is 0 Å². The van der Waals surface area contributed by atoms with Crippen LogP contribution in [0.1, 0.15) is 36.8 Å². The predicted octanol–water partition coefficient (Wildman–Crippen LogP) is 1.06. The molecule has 0 unspecified atom stereocenters. The number of hydrogen-bond acceptors (Lipinski definition) is 3. The van der Waals surface area contributed by atoms with Gasteiger partial charge in [0, 0.05) is 18.8 Å². The molecule has 1 heterocycles. The van der Waals surface area contributed by atoms with Crippen LogP contribution in [0.2, 0.25) is 0 Å². The summed E-state index contributed by atoms with van der Waals surface area (Å²) in [6, 6.07) is 0. The highest BCUT2D eigenvalue weighted by molar-refractivity contribution is 5.95. The normalized spacial score (nSPS) is 10.9. The minimum atomic E-state index is -0.115. The number of nitrogens with two attached hydrogens (primary N) is 1. The van der Waals surface area contributed by atoms with Gasteiger partial charge in [0.05, 0.1) is 17.3 Å². The van der Waals surface area contributed by atoms with Gasteiger partial charge >= 0.3 is 0 Å². The molecule has 1 rings (SSSR count). The van der Waals surface area contributed by atoms with E-state index in [1.807, 2.05) is 11.6 Å². The second kappa shape index (κ2) is 6.02. The zero-order valence-corrected chi connectivity index (χ0v) is 11.6. The van der Waals surface area contributed by atoms with Gasteiger partial charge in [-0.1, -0.05) is 0 Å². The SMILES string of the molecule is Cc1c(C(=O)NCCN)cnn1C(C)(C)C.Cl. The molecule has 3 N–H and O–H groups in total. The van der Waals surface area contributed by atoms with Crippen molar-refractivity contribution in [3.63, 3.8) is 0 Å². The van der Waals surface area contributed by atoms with Crippen LogP contribution in [-0.2, 0) is 5.54 Å². The third-order valence-electron chi connectivity index (χ3n) is 2.32. The number of aromatic nitrogens is 2. The van der Waals surface area contributed by atoms with E-state index in [0.29, 0.717) is 18.7 Å². The first-order valence-electron chi connectivity index (χ1n) is 5.41. The fourth-order valence-corrected chi connectivity index (χ4v) is 1.59. The predicted molar refractivity (Wildman–Crippen MR) is 70.6 cm³/mol. The Morgan fingerprint density at radius 2 is 2.12 bits per heavy atom. The van der Waals surface area contributed by atoms with Gasteiger partial charge < -0.3 is 11.1 Å². The molecule has 0 aliphatic heterocycles. The maximum absolute atomic E-state index is 11.7. The molecule has 0 bridgehead atoms. The van der Waals surface area contributed by atoms with Crippen molar-refractivity contribution in [3.05, 3.63) is 17.5 Å². The zero-order valence-electron chi connectivity index (χ0n) is 10.8. The van der Waals surface area contributed by atoms with E-state index < -0.39 is 0 Å². The Morgan fingerprint density at radius 1 is 1.53 bits per heavy atom. The number of nitrogens with one attached hydrogen (secondary N) is 1. The standard InChI is InChI=1S/C11H20N4O.ClH/c1-8-9(10(16)13-6-5-12)7-14-15(8)11(2,3)4;/h7H,5-6,12H2,1-4H3,(H,13,16);1H. The first-order chi connectivity index (χ1) is 7.38. The molecule has 0 saturated heterocycles. The van der Waals surface area contributed by atoms with Gasteiger partial charge in [0.2, 0.25) is 0 Å². The lowest BCUT2D eigenvalue weighted by atomic mass is 10.1. The highest BCUT2D eigenvalue weighted by atomic mass is 35.5. The first kappa shape index (κ1) is 15.9. The Labute approximate surface area is 108 Å². The highest BCUT2D eigenvalue weighted by Gasteiger charge is 2.20. The molecular weight excluding hydrogens is 240 g/mol. The van der Waals surface area contributed by atoms with E-state index in [-0.39, 0.29) is 23.9 Å². The summed E-state index contributed by atoms with van der Waals surface area (Å²) < 4.78 is 1.85. The molecule has 17 heavy (non-hydrogen) atoms. The smallest absolute Gasteiger partial charge is 0.254 e. The van der Waals surface area contributed by atoms with Crippen molar-refractivity contribution in [1.82, 2.24) is 15.1 Å². The van der Waals surface area contributed by atoms with Crippen molar-refractivity contribution >= 4 is 18.3 Å². The molecule has 0 atom stereocenters. The van der Waals surface area contributed by atoms with Crippen LogP contribution in [0.5, 0.6) is 0 Å². The molecular formula is C11H21ClN4O. The summed E-state index contributed by atoms with van der Waals surface area (Å²) in [6.07, 6.45) is 1.60. The lowest BCUT2D eigenvalue weighted by molar-refractivity contribution is 0.0954. The third kappa shape index (κ3) is 3.71. The Hall–Kier alpha value is -1.07. The number of hydrogen-bond donors (Lipinski definition) is 2. The quantitative estimate of drug-likeness (QED) is 0.854. The number of amides is 1. The molecule has 0 aliphatic rings. The Balaban J connectivity index is 0.00000256. The second-order valence-electron chi connectivity index (χ2n) is 4.77. The summed E-state index contributed by atoms with van der Waals surface area (Å²) >= 11 is 0. The van der Waals surface area contributed by atoms with Crippen molar-refractivity contribution in [1.29, 1.82) is 0 Å². The Bertz CT molecular complexity index is 381. The average Bonchev–Trinajstić information content (AvgIpc) is 2.56. The monoisotopic (exact) mass is 260 g/mol.